The van der Waals surface area contributed by atoms with Gasteiger partial charge in [0.05, 0.1) is 53.7 Å². The summed E-state index contributed by atoms with van der Waals surface area (Å²) in [7, 11) is 8.70. The van der Waals surface area contributed by atoms with Crippen LogP contribution in [0.3, 0.4) is 0 Å². The van der Waals surface area contributed by atoms with Crippen LogP contribution in [-0.2, 0) is 54.4 Å². The lowest BCUT2D eigenvalue weighted by atomic mass is 9.89. The number of rotatable bonds is 34. The van der Waals surface area contributed by atoms with Crippen LogP contribution in [0, 0.1) is 39.7 Å². The fourth-order valence-electron chi connectivity index (χ4n) is 10.8. The maximum atomic E-state index is 14.8. The number of amides is 8. The number of anilines is 1. The van der Waals surface area contributed by atoms with Gasteiger partial charge in [0.25, 0.3) is 5.69 Å². The van der Waals surface area contributed by atoms with Crippen molar-refractivity contribution in [1.82, 2.24) is 41.0 Å². The second kappa shape index (κ2) is 36.1. The number of likely N-dealkylation sites (N-methyl/N-ethyl adjacent to an activating group) is 2. The average molecular weight is 1280 g/mol. The van der Waals surface area contributed by atoms with Gasteiger partial charge < -0.3 is 55.7 Å². The molecule has 0 bridgehead atoms. The molecule has 2 heterocycles. The number of hydrogen-bond acceptors (Lipinski definition) is 17. The summed E-state index contributed by atoms with van der Waals surface area (Å²) >= 11 is 0. The van der Waals surface area contributed by atoms with Crippen LogP contribution in [0.1, 0.15) is 125 Å². The molecule has 6 N–H and O–H groups in total. The lowest BCUT2D eigenvalue weighted by Gasteiger charge is -2.41. The van der Waals surface area contributed by atoms with E-state index in [1.54, 1.807) is 109 Å². The van der Waals surface area contributed by atoms with Crippen molar-refractivity contribution in [3.8, 4) is 0 Å². The van der Waals surface area contributed by atoms with E-state index in [-0.39, 0.29) is 54.7 Å². The van der Waals surface area contributed by atoms with Gasteiger partial charge in [0, 0.05) is 58.8 Å². The number of aromatic nitrogens is 1. The predicted molar refractivity (Wildman–Crippen MR) is 342 cm³/mol. The van der Waals surface area contributed by atoms with Crippen molar-refractivity contribution in [2.24, 2.45) is 29.6 Å². The number of benzene rings is 2. The molecule has 12 atom stereocenters. The zero-order valence-electron chi connectivity index (χ0n) is 54.1. The molecule has 1 fully saturated rings. The highest BCUT2D eigenvalue weighted by Crippen LogP contribution is 2.32. The van der Waals surface area contributed by atoms with Crippen molar-refractivity contribution < 1.29 is 62.6 Å². The fourth-order valence-corrected chi connectivity index (χ4v) is 12.6. The molecule has 1 aliphatic heterocycles. The maximum absolute atomic E-state index is 14.8. The number of ether oxygens (including phenoxy) is 3. The molecule has 26 heteroatoms. The van der Waals surface area contributed by atoms with Gasteiger partial charge in [0.1, 0.15) is 42.0 Å². The van der Waals surface area contributed by atoms with E-state index in [1.807, 2.05) is 32.0 Å². The van der Waals surface area contributed by atoms with E-state index in [1.165, 1.54) is 66.8 Å². The molecule has 0 saturated carbocycles. The third-order valence-electron chi connectivity index (χ3n) is 16.2. The predicted octanol–water partition coefficient (Wildman–Crippen LogP) is 7.30. The van der Waals surface area contributed by atoms with Gasteiger partial charge in [0.15, 0.2) is 0 Å². The fraction of sp³-hybridized carbons (Fsp3) is 0.603. The van der Waals surface area contributed by atoms with E-state index in [0.717, 1.165) is 6.20 Å². The van der Waals surface area contributed by atoms with E-state index in [4.69, 9.17) is 14.2 Å². The molecule has 4 rings (SSSR count). The van der Waals surface area contributed by atoms with E-state index >= 15 is 0 Å². The summed E-state index contributed by atoms with van der Waals surface area (Å²) in [6.07, 6.45) is -0.0802. The van der Waals surface area contributed by atoms with E-state index in [9.17, 15) is 53.6 Å². The molecule has 0 radical (unpaired) electrons. The first-order valence-corrected chi connectivity index (χ1v) is 32.6. The minimum Gasteiger partial charge on any atom is -0.445 e. The summed E-state index contributed by atoms with van der Waals surface area (Å²) in [6.45, 7) is 19.9. The van der Waals surface area contributed by atoms with Gasteiger partial charge in [-0.25, -0.2) is 9.78 Å². The molecule has 89 heavy (non-hydrogen) atoms. The van der Waals surface area contributed by atoms with Gasteiger partial charge in [0.2, 0.25) is 41.4 Å². The monoisotopic (exact) mass is 1280 g/mol. The number of likely N-dealkylation sites (tertiary alicyclic amines) is 1. The SMILES string of the molecule is CC[C@H](C)[C@@H]([C@@H](CC(=O)N1CCC[C@H]1[C@H](OC)[C@@H](C)C(=O)N[C@H](C)[C@@H](O)c1ccccc1)OC)N(C)C(=O)[C@@H](NC(=O)[C@H](C(C)C)N(C)C(=O)OCc1ccc(NC(=O)[C@H](C)NC(=O)[C@@H](NC(=O)CCSSc2ccc([N+](=O)[O-])cn2)C(C)C)cc1)C(C)C. The molecule has 2 aromatic carbocycles. The van der Waals surface area contributed by atoms with Crippen molar-refractivity contribution in [3.05, 3.63) is 94.2 Å². The number of aliphatic hydroxyl groups is 1. The maximum Gasteiger partial charge on any atom is 0.410 e. The summed E-state index contributed by atoms with van der Waals surface area (Å²) < 4.78 is 17.7. The molecule has 24 nitrogen and oxygen atoms in total. The van der Waals surface area contributed by atoms with Crippen LogP contribution in [0.4, 0.5) is 16.2 Å². The zero-order valence-corrected chi connectivity index (χ0v) is 55.7. The van der Waals surface area contributed by atoms with Crippen LogP contribution in [0.5, 0.6) is 0 Å². The lowest BCUT2D eigenvalue weighted by Crippen LogP contribution is -2.60. The minimum absolute atomic E-state index is 0.0815. The molecule has 0 unspecified atom stereocenters. The van der Waals surface area contributed by atoms with Crippen LogP contribution in [0.2, 0.25) is 0 Å². The number of nitrogens with one attached hydrogen (secondary N) is 5. The van der Waals surface area contributed by atoms with Crippen LogP contribution in [0.15, 0.2) is 78.0 Å². The van der Waals surface area contributed by atoms with Crippen molar-refractivity contribution in [2.75, 3.05) is 45.9 Å². The summed E-state index contributed by atoms with van der Waals surface area (Å²) in [5.74, 6) is -4.58. The van der Waals surface area contributed by atoms with Crippen LogP contribution < -0.4 is 26.6 Å². The van der Waals surface area contributed by atoms with Crippen molar-refractivity contribution >= 4 is 80.4 Å². The third kappa shape index (κ3) is 21.7. The topological polar surface area (TPSA) is 310 Å². The second-order valence-corrected chi connectivity index (χ2v) is 26.2. The molecule has 8 amide bonds. The highest BCUT2D eigenvalue weighted by atomic mass is 33.1. The number of carbonyl (C=O) groups excluding carboxylic acids is 8. The first-order chi connectivity index (χ1) is 42.1. The Morgan fingerprint density at radius 3 is 1.99 bits per heavy atom. The zero-order chi connectivity index (χ0) is 66.4. The Kier molecular flexibility index (Phi) is 30.3. The Hall–Kier alpha value is -6.87. The molecule has 1 aliphatic rings. The molecule has 1 saturated heterocycles. The Labute approximate surface area is 531 Å². The third-order valence-corrected chi connectivity index (χ3v) is 18.4. The highest BCUT2D eigenvalue weighted by molar-refractivity contribution is 8.76. The van der Waals surface area contributed by atoms with Gasteiger partial charge >= 0.3 is 6.09 Å². The Morgan fingerprint density at radius 1 is 0.775 bits per heavy atom. The Morgan fingerprint density at radius 2 is 1.43 bits per heavy atom. The summed E-state index contributed by atoms with van der Waals surface area (Å²) in [6, 6.07) is 12.8. The average Bonchev–Trinajstić information content (AvgIpc) is 3.09. The molecule has 0 spiro atoms. The molecule has 0 aliphatic carbocycles. The van der Waals surface area contributed by atoms with Crippen molar-refractivity contribution in [1.29, 1.82) is 0 Å². The van der Waals surface area contributed by atoms with Gasteiger partial charge in [-0.1, -0.05) is 122 Å². The molecule has 492 valence electrons. The number of nitro groups is 1. The number of nitrogens with zero attached hydrogens (tertiary/aromatic N) is 5. The Bertz CT molecular complexity index is 2820. The molecular weight excluding hydrogens is 1180 g/mol. The molecular formula is C63H94N10O14S2. The molecule has 1 aromatic heterocycles. The molecule has 3 aromatic rings. The van der Waals surface area contributed by atoms with Gasteiger partial charge in [-0.3, -0.25) is 48.6 Å². The summed E-state index contributed by atoms with van der Waals surface area (Å²) in [5, 5.41) is 36.4. The first kappa shape index (κ1) is 74.6. The van der Waals surface area contributed by atoms with Crippen molar-refractivity contribution in [3.63, 3.8) is 0 Å². The highest BCUT2D eigenvalue weighted by Gasteiger charge is 2.44. The lowest BCUT2D eigenvalue weighted by molar-refractivity contribution is -0.385. The van der Waals surface area contributed by atoms with Crippen LogP contribution in [-0.4, -0.2) is 172 Å². The second-order valence-electron chi connectivity index (χ2n) is 23.8. The van der Waals surface area contributed by atoms with E-state index < -0.39 is 113 Å². The van der Waals surface area contributed by atoms with E-state index in [0.29, 0.717) is 53.4 Å². The number of pyridine rings is 1. The number of carbonyl (C=O) groups is 8. The number of methoxy groups -OCH3 is 2. The summed E-state index contributed by atoms with van der Waals surface area (Å²) in [5.41, 5.74) is 1.50. The largest absolute Gasteiger partial charge is 0.445 e. The quantitative estimate of drug-likeness (QED) is 0.0148. The number of hydrogen-bond donors (Lipinski definition) is 6. The van der Waals surface area contributed by atoms with Crippen LogP contribution in [0.25, 0.3) is 0 Å². The standard InChI is InChI=1S/C63H94N10O14S2/c1-16-39(8)55(48(85-14)33-51(75)72-31-20-23-47(72)57(86-15)40(9)58(77)65-41(10)56(76)44-21-18-17-19-22-44)70(12)62(81)53(37(4)5)69-61(80)54(38(6)7)71(13)63(82)87-35-43-24-26-45(27-25-43)67-59(78)42(11)66-60(79)52(36(2)3)68-49(74)30-32-88-89-50-29-28-46(34-64-50)73(83)84/h17-19,21-22,24-29,34,36-42,47-48,52-57,76H,16,20,23,30-33,35H2,1-15H3,(H,65,77)(H,66,79)(H,67,78)(H,68,74)(H,69,80)/t39-,40+,41+,42-,47-,48+,52-,53-,54-,55-,56+,57+/m0/s1. The number of aliphatic hydroxyl groups excluding tert-OH is 1. The smallest absolute Gasteiger partial charge is 0.410 e. The normalized spacial score (nSPS) is 16.9. The summed E-state index contributed by atoms with van der Waals surface area (Å²) in [4.78, 5) is 129. The Balaban J connectivity index is 1.32. The van der Waals surface area contributed by atoms with E-state index in [2.05, 4.69) is 31.6 Å². The minimum atomic E-state index is -1.06. The van der Waals surface area contributed by atoms with Gasteiger partial charge in [-0.15, -0.1) is 0 Å². The first-order valence-electron chi connectivity index (χ1n) is 30.3. The van der Waals surface area contributed by atoms with Crippen molar-refractivity contribution in [2.45, 2.75) is 181 Å². The van der Waals surface area contributed by atoms with Crippen LogP contribution >= 0.6 is 21.6 Å². The van der Waals surface area contributed by atoms with Gasteiger partial charge in [-0.2, -0.15) is 0 Å². The van der Waals surface area contributed by atoms with Gasteiger partial charge in [-0.05, 0) is 90.5 Å².